The maximum absolute atomic E-state index is 13.6. The first-order chi connectivity index (χ1) is 16.7. The second-order valence-corrected chi connectivity index (χ2v) is 9.12. The van der Waals surface area contributed by atoms with E-state index in [9.17, 15) is 35.5 Å². The zero-order valence-corrected chi connectivity index (χ0v) is 20.0. The van der Waals surface area contributed by atoms with E-state index >= 15 is 0 Å². The normalized spacial score (nSPS) is 23.5. The molecule has 3 rings (SSSR count). The number of esters is 1. The Morgan fingerprint density at radius 1 is 1.03 bits per heavy atom. The maximum Gasteiger partial charge on any atom is 0.416 e. The smallest absolute Gasteiger partial charge is 0.416 e. The van der Waals surface area contributed by atoms with Crippen LogP contribution in [0.1, 0.15) is 73.8 Å². The highest BCUT2D eigenvalue weighted by molar-refractivity contribution is 5.79. The molecule has 0 aliphatic heterocycles. The Balaban J connectivity index is 2.03. The molecule has 0 heterocycles. The molecule has 0 saturated heterocycles. The highest BCUT2D eigenvalue weighted by Crippen LogP contribution is 2.55. The average molecular weight is 520 g/mol. The van der Waals surface area contributed by atoms with Crippen LogP contribution in [0.15, 0.2) is 42.5 Å². The summed E-state index contributed by atoms with van der Waals surface area (Å²) in [6, 6.07) is 6.81. The molecule has 36 heavy (non-hydrogen) atoms. The first kappa shape index (κ1) is 28.0. The van der Waals surface area contributed by atoms with Crippen LogP contribution in [0.3, 0.4) is 0 Å². The molecule has 2 aromatic carbocycles. The van der Waals surface area contributed by atoms with E-state index in [1.165, 1.54) is 38.3 Å². The Labute approximate surface area is 204 Å². The number of halogens is 7. The van der Waals surface area contributed by atoms with E-state index in [2.05, 4.69) is 0 Å². The molecule has 1 aliphatic rings. The van der Waals surface area contributed by atoms with E-state index < -0.39 is 58.8 Å². The highest BCUT2D eigenvalue weighted by atomic mass is 19.4. The van der Waals surface area contributed by atoms with E-state index in [1.54, 1.807) is 0 Å². The lowest BCUT2D eigenvalue weighted by molar-refractivity contribution is -0.155. The summed E-state index contributed by atoms with van der Waals surface area (Å²) < 4.78 is 105. The van der Waals surface area contributed by atoms with Crippen LogP contribution in [0.4, 0.5) is 30.7 Å². The molecule has 0 bridgehead atoms. The van der Waals surface area contributed by atoms with Gasteiger partial charge in [-0.15, -0.1) is 0 Å². The third kappa shape index (κ3) is 5.68. The van der Waals surface area contributed by atoms with Gasteiger partial charge in [0.1, 0.15) is 5.82 Å². The number of hydrogen-bond donors (Lipinski definition) is 0. The van der Waals surface area contributed by atoms with E-state index in [0.717, 1.165) is 0 Å². The van der Waals surface area contributed by atoms with E-state index in [4.69, 9.17) is 9.47 Å². The number of carbonyl (C=O) groups excluding carboxylic acids is 1. The molecule has 198 valence electrons. The van der Waals surface area contributed by atoms with Gasteiger partial charge in [-0.1, -0.05) is 25.5 Å². The van der Waals surface area contributed by atoms with Crippen molar-refractivity contribution < 1.29 is 45.0 Å². The molecule has 10 heteroatoms. The molecular weight excluding hydrogens is 493 g/mol. The molecule has 3 nitrogen and oxygen atoms in total. The first-order valence-corrected chi connectivity index (χ1v) is 11.5. The number of methoxy groups -OCH3 is 1. The Bertz CT molecular complexity index is 1030. The summed E-state index contributed by atoms with van der Waals surface area (Å²) >= 11 is 0. The largest absolute Gasteiger partial charge is 0.469 e. The summed E-state index contributed by atoms with van der Waals surface area (Å²) in [5, 5.41) is 0. The lowest BCUT2D eigenvalue weighted by Gasteiger charge is -2.36. The van der Waals surface area contributed by atoms with Gasteiger partial charge in [0.15, 0.2) is 0 Å². The van der Waals surface area contributed by atoms with Crippen molar-refractivity contribution in [3.8, 4) is 0 Å². The Hall–Kier alpha value is -2.62. The van der Waals surface area contributed by atoms with Gasteiger partial charge in [-0.2, -0.15) is 26.3 Å². The quantitative estimate of drug-likeness (QED) is 0.276. The zero-order valence-electron chi connectivity index (χ0n) is 20.0. The van der Waals surface area contributed by atoms with Crippen molar-refractivity contribution in [2.24, 2.45) is 5.41 Å². The number of benzene rings is 2. The van der Waals surface area contributed by atoms with Gasteiger partial charge in [-0.3, -0.25) is 4.79 Å². The topological polar surface area (TPSA) is 35.5 Å². The molecule has 0 amide bonds. The minimum atomic E-state index is -4.99. The molecule has 2 aromatic rings. The molecule has 0 spiro atoms. The van der Waals surface area contributed by atoms with Gasteiger partial charge >= 0.3 is 18.3 Å². The first-order valence-electron chi connectivity index (χ1n) is 11.5. The summed E-state index contributed by atoms with van der Waals surface area (Å²) in [7, 11) is 1.25. The SMILES string of the molecule is CCC[C@@]1(C(=O)OC)CC[C@H](OC(C)c2cc(C(F)(F)F)cc(C(F)(F)F)c2)C1c1ccc(F)cc1. The van der Waals surface area contributed by atoms with Crippen LogP contribution in [0.25, 0.3) is 0 Å². The van der Waals surface area contributed by atoms with E-state index in [-0.39, 0.29) is 11.6 Å². The van der Waals surface area contributed by atoms with Crippen LogP contribution in [-0.2, 0) is 26.6 Å². The lowest BCUT2D eigenvalue weighted by Crippen LogP contribution is -2.38. The second kappa shape index (κ2) is 10.4. The molecule has 0 aromatic heterocycles. The number of carbonyl (C=O) groups is 1. The molecular formula is C26H27F7O3. The summed E-state index contributed by atoms with van der Waals surface area (Å²) in [4.78, 5) is 13.0. The summed E-state index contributed by atoms with van der Waals surface area (Å²) in [6.07, 6.45) is -10.2. The zero-order chi connectivity index (χ0) is 26.9. The molecule has 1 saturated carbocycles. The molecule has 0 radical (unpaired) electrons. The highest BCUT2D eigenvalue weighted by Gasteiger charge is 2.55. The van der Waals surface area contributed by atoms with Crippen LogP contribution < -0.4 is 0 Å². The van der Waals surface area contributed by atoms with Crippen LogP contribution in [0.2, 0.25) is 0 Å². The number of rotatable bonds is 7. The fourth-order valence-corrected chi connectivity index (χ4v) is 5.24. The minimum absolute atomic E-state index is 0.0661. The van der Waals surface area contributed by atoms with Gasteiger partial charge in [0.25, 0.3) is 0 Å². The van der Waals surface area contributed by atoms with Gasteiger partial charge in [0, 0.05) is 5.92 Å². The summed E-state index contributed by atoms with van der Waals surface area (Å²) in [6.45, 7) is 3.25. The van der Waals surface area contributed by atoms with Gasteiger partial charge in [0.05, 0.1) is 35.9 Å². The van der Waals surface area contributed by atoms with E-state index in [1.807, 2.05) is 6.92 Å². The minimum Gasteiger partial charge on any atom is -0.469 e. The molecule has 2 unspecified atom stereocenters. The van der Waals surface area contributed by atoms with Crippen molar-refractivity contribution in [2.75, 3.05) is 7.11 Å². The molecule has 1 fully saturated rings. The van der Waals surface area contributed by atoms with E-state index in [0.29, 0.717) is 43.4 Å². The monoisotopic (exact) mass is 520 g/mol. The Morgan fingerprint density at radius 3 is 2.06 bits per heavy atom. The predicted molar refractivity (Wildman–Crippen MR) is 117 cm³/mol. The van der Waals surface area contributed by atoms with Crippen LogP contribution in [-0.4, -0.2) is 19.2 Å². The van der Waals surface area contributed by atoms with Gasteiger partial charge in [0.2, 0.25) is 0 Å². The standard InChI is InChI=1S/C26H27F7O3/c1-4-10-24(23(34)35-3)11-9-21(22(24)16-5-7-20(27)8-6-16)36-15(2)17-12-18(25(28,29)30)14-19(13-17)26(31,32)33/h5-8,12-15,21-22H,4,9-11H2,1-3H3/t15?,21-,22?,24+/m0/s1. The van der Waals surface area contributed by atoms with Gasteiger partial charge < -0.3 is 9.47 Å². The molecule has 0 N–H and O–H groups in total. The fourth-order valence-electron chi connectivity index (χ4n) is 5.24. The van der Waals surface area contributed by atoms with Crippen molar-refractivity contribution >= 4 is 5.97 Å². The summed E-state index contributed by atoms with van der Waals surface area (Å²) in [5.41, 5.74) is -3.61. The van der Waals surface area contributed by atoms with Gasteiger partial charge in [-0.05, 0) is 67.6 Å². The maximum atomic E-state index is 13.6. The van der Waals surface area contributed by atoms with Crippen molar-refractivity contribution in [1.29, 1.82) is 0 Å². The van der Waals surface area contributed by atoms with Crippen molar-refractivity contribution in [3.63, 3.8) is 0 Å². The second-order valence-electron chi connectivity index (χ2n) is 9.12. The number of ether oxygens (including phenoxy) is 2. The van der Waals surface area contributed by atoms with Crippen LogP contribution >= 0.6 is 0 Å². The molecule has 4 atom stereocenters. The number of alkyl halides is 6. The number of hydrogen-bond acceptors (Lipinski definition) is 3. The molecule has 1 aliphatic carbocycles. The fraction of sp³-hybridized carbons (Fsp3) is 0.500. The summed E-state index contributed by atoms with van der Waals surface area (Å²) in [5.74, 6) is -1.62. The van der Waals surface area contributed by atoms with Crippen molar-refractivity contribution in [1.82, 2.24) is 0 Å². The Kier molecular flexibility index (Phi) is 8.07. The van der Waals surface area contributed by atoms with Gasteiger partial charge in [-0.25, -0.2) is 4.39 Å². The van der Waals surface area contributed by atoms with Crippen molar-refractivity contribution in [2.45, 2.75) is 70.0 Å². The Morgan fingerprint density at radius 2 is 1.58 bits per heavy atom. The van der Waals surface area contributed by atoms with Crippen molar-refractivity contribution in [3.05, 3.63) is 70.5 Å². The lowest BCUT2D eigenvalue weighted by atomic mass is 9.71. The third-order valence-corrected chi connectivity index (χ3v) is 6.82. The predicted octanol–water partition coefficient (Wildman–Crippen LogP) is 7.85. The average Bonchev–Trinajstić information content (AvgIpc) is 3.16. The third-order valence-electron chi connectivity index (χ3n) is 6.82. The van der Waals surface area contributed by atoms with Crippen LogP contribution in [0, 0.1) is 11.2 Å². The van der Waals surface area contributed by atoms with Crippen LogP contribution in [0.5, 0.6) is 0 Å².